The average Bonchev–Trinajstić information content (AvgIpc) is 3.28. The minimum absolute atomic E-state index is 0.0114. The standard InChI is InChI=1S/C18H12F4N4O2S/c19-14-8-11(7-10-5-6-24-17(10)14)15-9-16(18(20,21)22)25-26(15)12-1-3-13(4-2-12)29(23,27)28/h1-9,24H,(H2,23,27,28). The summed E-state index contributed by atoms with van der Waals surface area (Å²) in [7, 11) is -3.97. The maximum Gasteiger partial charge on any atom is 0.435 e. The largest absolute Gasteiger partial charge is 0.435 e. The van der Waals surface area contributed by atoms with Crippen molar-refractivity contribution in [2.24, 2.45) is 5.14 Å². The molecule has 0 atom stereocenters. The van der Waals surface area contributed by atoms with Crippen LogP contribution in [0.1, 0.15) is 5.69 Å². The Morgan fingerprint density at radius 1 is 1.03 bits per heavy atom. The zero-order chi connectivity index (χ0) is 21.0. The number of benzene rings is 2. The highest BCUT2D eigenvalue weighted by molar-refractivity contribution is 7.89. The third kappa shape index (κ3) is 3.49. The minimum Gasteiger partial charge on any atom is -0.359 e. The van der Waals surface area contributed by atoms with Gasteiger partial charge in [-0.1, -0.05) is 0 Å². The summed E-state index contributed by atoms with van der Waals surface area (Å²) in [5.74, 6) is -0.631. The number of rotatable bonds is 3. The summed E-state index contributed by atoms with van der Waals surface area (Å²) in [5, 5.41) is 9.12. The Bertz CT molecular complexity index is 1320. The third-order valence-electron chi connectivity index (χ3n) is 4.32. The van der Waals surface area contributed by atoms with Gasteiger partial charge in [-0.3, -0.25) is 0 Å². The molecule has 0 fully saturated rings. The van der Waals surface area contributed by atoms with Gasteiger partial charge < -0.3 is 4.98 Å². The maximum absolute atomic E-state index is 14.4. The van der Waals surface area contributed by atoms with Crippen LogP contribution in [-0.2, 0) is 16.2 Å². The van der Waals surface area contributed by atoms with Crippen molar-refractivity contribution in [3.8, 4) is 16.9 Å². The number of sulfonamides is 1. The van der Waals surface area contributed by atoms with Crippen molar-refractivity contribution in [3.63, 3.8) is 0 Å². The van der Waals surface area contributed by atoms with Crippen LogP contribution >= 0.6 is 0 Å². The summed E-state index contributed by atoms with van der Waals surface area (Å²) in [6.07, 6.45) is -3.21. The predicted octanol–water partition coefficient (Wildman–Crippen LogP) is 3.83. The van der Waals surface area contributed by atoms with Gasteiger partial charge >= 0.3 is 6.18 Å². The van der Waals surface area contributed by atoms with E-state index in [-0.39, 0.29) is 27.4 Å². The molecule has 4 rings (SSSR count). The van der Waals surface area contributed by atoms with Crippen LogP contribution in [0.3, 0.4) is 0 Å². The number of alkyl halides is 3. The van der Waals surface area contributed by atoms with E-state index in [2.05, 4.69) is 10.1 Å². The summed E-state index contributed by atoms with van der Waals surface area (Å²) >= 11 is 0. The highest BCUT2D eigenvalue weighted by Crippen LogP contribution is 2.34. The Morgan fingerprint density at radius 3 is 2.34 bits per heavy atom. The van der Waals surface area contributed by atoms with Crippen LogP contribution in [0.15, 0.2) is 59.6 Å². The summed E-state index contributed by atoms with van der Waals surface area (Å²) < 4.78 is 77.9. The van der Waals surface area contributed by atoms with E-state index in [1.54, 1.807) is 6.07 Å². The lowest BCUT2D eigenvalue weighted by Gasteiger charge is -2.09. The number of aromatic nitrogens is 3. The number of halogens is 4. The Balaban J connectivity index is 1.92. The van der Waals surface area contributed by atoms with E-state index in [1.165, 1.54) is 24.4 Å². The van der Waals surface area contributed by atoms with Gasteiger partial charge in [0, 0.05) is 17.1 Å². The van der Waals surface area contributed by atoms with E-state index in [1.807, 2.05) is 0 Å². The van der Waals surface area contributed by atoms with Gasteiger partial charge in [0.2, 0.25) is 10.0 Å². The molecule has 150 valence electrons. The molecule has 0 aliphatic heterocycles. The first kappa shape index (κ1) is 19.2. The van der Waals surface area contributed by atoms with Gasteiger partial charge in [0.25, 0.3) is 0 Å². The molecule has 2 aromatic heterocycles. The van der Waals surface area contributed by atoms with E-state index in [0.717, 1.165) is 28.9 Å². The van der Waals surface area contributed by atoms with Crippen LogP contribution in [0, 0.1) is 5.82 Å². The maximum atomic E-state index is 14.4. The lowest BCUT2D eigenvalue weighted by Crippen LogP contribution is -2.12. The van der Waals surface area contributed by atoms with E-state index in [9.17, 15) is 26.0 Å². The molecular formula is C18H12F4N4O2S. The molecule has 0 saturated heterocycles. The average molecular weight is 424 g/mol. The van der Waals surface area contributed by atoms with E-state index in [0.29, 0.717) is 5.39 Å². The molecule has 3 N–H and O–H groups in total. The van der Waals surface area contributed by atoms with Gasteiger partial charge in [0.1, 0.15) is 5.82 Å². The second kappa shape index (κ2) is 6.42. The minimum atomic E-state index is -4.72. The lowest BCUT2D eigenvalue weighted by atomic mass is 10.1. The number of hydrogen-bond acceptors (Lipinski definition) is 3. The number of nitrogens with two attached hydrogens (primary N) is 1. The molecule has 0 saturated carbocycles. The molecule has 0 aliphatic carbocycles. The van der Waals surface area contributed by atoms with E-state index >= 15 is 0 Å². The summed E-state index contributed by atoms with van der Waals surface area (Å²) in [4.78, 5) is 2.51. The second-order valence-corrected chi connectivity index (χ2v) is 7.82. The van der Waals surface area contributed by atoms with Crippen molar-refractivity contribution in [3.05, 3.63) is 66.2 Å². The molecule has 0 bridgehead atoms. The molecule has 11 heteroatoms. The zero-order valence-electron chi connectivity index (χ0n) is 14.4. The molecule has 2 heterocycles. The Hall–Kier alpha value is -3.18. The lowest BCUT2D eigenvalue weighted by molar-refractivity contribution is -0.141. The zero-order valence-corrected chi connectivity index (χ0v) is 15.2. The van der Waals surface area contributed by atoms with Crippen LogP contribution in [0.2, 0.25) is 0 Å². The number of nitrogens with one attached hydrogen (secondary N) is 1. The van der Waals surface area contributed by atoms with Crippen molar-refractivity contribution in [2.75, 3.05) is 0 Å². The van der Waals surface area contributed by atoms with Gasteiger partial charge in [0.05, 0.1) is 21.8 Å². The molecular weight excluding hydrogens is 412 g/mol. The number of nitrogens with zero attached hydrogens (tertiary/aromatic N) is 2. The fourth-order valence-electron chi connectivity index (χ4n) is 2.97. The van der Waals surface area contributed by atoms with Crippen molar-refractivity contribution in [2.45, 2.75) is 11.1 Å². The van der Waals surface area contributed by atoms with Gasteiger partial charge in [-0.25, -0.2) is 22.6 Å². The van der Waals surface area contributed by atoms with Gasteiger partial charge in [-0.15, -0.1) is 0 Å². The molecule has 29 heavy (non-hydrogen) atoms. The van der Waals surface area contributed by atoms with Crippen LogP contribution < -0.4 is 5.14 Å². The van der Waals surface area contributed by atoms with Crippen LogP contribution in [0.4, 0.5) is 17.6 Å². The summed E-state index contributed by atoms with van der Waals surface area (Å²) in [5.41, 5.74) is -0.626. The van der Waals surface area contributed by atoms with Crippen molar-refractivity contribution < 1.29 is 26.0 Å². The number of fused-ring (bicyclic) bond motifs is 1. The van der Waals surface area contributed by atoms with E-state index < -0.39 is 27.7 Å². The van der Waals surface area contributed by atoms with Crippen molar-refractivity contribution in [1.29, 1.82) is 0 Å². The highest BCUT2D eigenvalue weighted by atomic mass is 32.2. The monoisotopic (exact) mass is 424 g/mol. The van der Waals surface area contributed by atoms with Crippen LogP contribution in [-0.4, -0.2) is 23.2 Å². The third-order valence-corrected chi connectivity index (χ3v) is 5.25. The molecule has 0 aliphatic rings. The molecule has 0 spiro atoms. The number of primary sulfonamides is 1. The summed E-state index contributed by atoms with van der Waals surface area (Å²) in [6, 6.07) is 9.86. The Labute approximate surface area is 161 Å². The highest BCUT2D eigenvalue weighted by Gasteiger charge is 2.35. The fraction of sp³-hybridized carbons (Fsp3) is 0.0556. The van der Waals surface area contributed by atoms with Crippen LogP contribution in [0.25, 0.3) is 27.8 Å². The fourth-order valence-corrected chi connectivity index (χ4v) is 3.49. The molecule has 0 amide bonds. The molecule has 0 unspecified atom stereocenters. The van der Waals surface area contributed by atoms with Gasteiger partial charge in [0.15, 0.2) is 5.69 Å². The number of hydrogen-bond donors (Lipinski definition) is 2. The SMILES string of the molecule is NS(=O)(=O)c1ccc(-n2nc(C(F)(F)F)cc2-c2cc(F)c3[nH]ccc3c2)cc1. The molecule has 0 radical (unpaired) electrons. The van der Waals surface area contributed by atoms with Crippen LogP contribution in [0.5, 0.6) is 0 Å². The van der Waals surface area contributed by atoms with Gasteiger partial charge in [-0.2, -0.15) is 18.3 Å². The number of H-pyrrole nitrogens is 1. The van der Waals surface area contributed by atoms with E-state index in [4.69, 9.17) is 5.14 Å². The molecule has 6 nitrogen and oxygen atoms in total. The molecule has 4 aromatic rings. The second-order valence-electron chi connectivity index (χ2n) is 6.26. The van der Waals surface area contributed by atoms with Crippen molar-refractivity contribution >= 4 is 20.9 Å². The topological polar surface area (TPSA) is 93.8 Å². The van der Waals surface area contributed by atoms with Crippen molar-refractivity contribution in [1.82, 2.24) is 14.8 Å². The quantitative estimate of drug-likeness (QED) is 0.490. The summed E-state index contributed by atoms with van der Waals surface area (Å²) in [6.45, 7) is 0. The van der Waals surface area contributed by atoms with Gasteiger partial charge in [-0.05, 0) is 48.5 Å². The first-order valence-electron chi connectivity index (χ1n) is 8.11. The predicted molar refractivity (Wildman–Crippen MR) is 97.2 cm³/mol. The Morgan fingerprint density at radius 2 is 1.72 bits per heavy atom. The smallest absolute Gasteiger partial charge is 0.359 e. The Kier molecular flexibility index (Phi) is 4.24. The first-order valence-corrected chi connectivity index (χ1v) is 9.66. The first-order chi connectivity index (χ1) is 13.5. The molecule has 2 aromatic carbocycles. The normalized spacial score (nSPS) is 12.6. The number of aromatic amines is 1.